The SMILES string of the molecule is Nc1cc(N2CCc3ccccc3C2)cc(C(F)(F)F)c1NC(=O)CCC1CCCC1. The Kier molecular flexibility index (Phi) is 6.12. The number of carbonyl (C=O) groups excluding carboxylic acids is 1. The standard InChI is InChI=1S/C24H28F3N3O/c25-24(26,27)20-13-19(30-12-11-17-7-3-4-8-18(17)15-30)14-21(28)23(20)29-22(31)10-9-16-5-1-2-6-16/h3-4,7-8,13-14,16H,1-2,5-6,9-12,15,28H2,(H,29,31). The molecule has 1 heterocycles. The maximum Gasteiger partial charge on any atom is 0.418 e. The van der Waals surface area contributed by atoms with Gasteiger partial charge in [-0.1, -0.05) is 49.9 Å². The van der Waals surface area contributed by atoms with Crippen molar-refractivity contribution in [2.45, 2.75) is 57.7 Å². The van der Waals surface area contributed by atoms with Crippen LogP contribution in [-0.2, 0) is 23.9 Å². The molecule has 0 spiro atoms. The second-order valence-electron chi connectivity index (χ2n) is 8.63. The molecule has 31 heavy (non-hydrogen) atoms. The minimum atomic E-state index is -4.62. The first-order valence-corrected chi connectivity index (χ1v) is 10.9. The molecule has 3 N–H and O–H groups in total. The molecule has 2 aliphatic rings. The molecule has 4 nitrogen and oxygen atoms in total. The fourth-order valence-electron chi connectivity index (χ4n) is 4.75. The Hall–Kier alpha value is -2.70. The lowest BCUT2D eigenvalue weighted by Crippen LogP contribution is -2.31. The molecule has 2 aromatic rings. The Labute approximate surface area is 180 Å². The molecule has 0 aromatic heterocycles. The summed E-state index contributed by atoms with van der Waals surface area (Å²) in [6.45, 7) is 1.14. The third kappa shape index (κ3) is 4.97. The van der Waals surface area contributed by atoms with E-state index in [4.69, 9.17) is 5.73 Å². The number of nitrogen functional groups attached to an aromatic ring is 1. The van der Waals surface area contributed by atoms with E-state index in [1.165, 1.54) is 24.5 Å². The summed E-state index contributed by atoms with van der Waals surface area (Å²) in [5.74, 6) is 0.0817. The maximum absolute atomic E-state index is 13.9. The van der Waals surface area contributed by atoms with Crippen LogP contribution in [0, 0.1) is 5.92 Å². The van der Waals surface area contributed by atoms with Crippen LogP contribution in [0.2, 0.25) is 0 Å². The second kappa shape index (κ2) is 8.81. The Bertz CT molecular complexity index is 952. The molecule has 0 radical (unpaired) electrons. The van der Waals surface area contributed by atoms with Gasteiger partial charge in [-0.2, -0.15) is 13.2 Å². The highest BCUT2D eigenvalue weighted by Crippen LogP contribution is 2.42. The van der Waals surface area contributed by atoms with E-state index in [2.05, 4.69) is 5.32 Å². The van der Waals surface area contributed by atoms with Crippen molar-refractivity contribution in [1.29, 1.82) is 0 Å². The van der Waals surface area contributed by atoms with Crippen LogP contribution in [0.15, 0.2) is 36.4 Å². The van der Waals surface area contributed by atoms with Crippen LogP contribution < -0.4 is 16.0 Å². The number of hydrogen-bond donors (Lipinski definition) is 2. The molecular weight excluding hydrogens is 403 g/mol. The van der Waals surface area contributed by atoms with Gasteiger partial charge in [-0.15, -0.1) is 0 Å². The number of benzene rings is 2. The summed E-state index contributed by atoms with van der Waals surface area (Å²) in [5, 5.41) is 2.45. The molecule has 1 aliphatic heterocycles. The number of alkyl halides is 3. The number of carbonyl (C=O) groups is 1. The van der Waals surface area contributed by atoms with Crippen molar-refractivity contribution in [1.82, 2.24) is 0 Å². The second-order valence-corrected chi connectivity index (χ2v) is 8.63. The Morgan fingerprint density at radius 1 is 1.13 bits per heavy atom. The quantitative estimate of drug-likeness (QED) is 0.592. The summed E-state index contributed by atoms with van der Waals surface area (Å²) in [4.78, 5) is 14.3. The lowest BCUT2D eigenvalue weighted by atomic mass is 9.98. The van der Waals surface area contributed by atoms with Crippen molar-refractivity contribution in [3.8, 4) is 0 Å². The molecule has 4 rings (SSSR count). The van der Waals surface area contributed by atoms with Gasteiger partial charge in [0.25, 0.3) is 0 Å². The van der Waals surface area contributed by atoms with Crippen molar-refractivity contribution in [2.75, 3.05) is 22.5 Å². The Morgan fingerprint density at radius 3 is 2.55 bits per heavy atom. The van der Waals surface area contributed by atoms with Crippen LogP contribution in [0.25, 0.3) is 0 Å². The number of fused-ring (bicyclic) bond motifs is 1. The molecule has 0 atom stereocenters. The lowest BCUT2D eigenvalue weighted by Gasteiger charge is -2.32. The Morgan fingerprint density at radius 2 is 1.84 bits per heavy atom. The number of nitrogens with one attached hydrogen (secondary N) is 1. The molecule has 0 unspecified atom stereocenters. The zero-order valence-electron chi connectivity index (χ0n) is 17.5. The fourth-order valence-corrected chi connectivity index (χ4v) is 4.75. The molecule has 166 valence electrons. The highest BCUT2D eigenvalue weighted by atomic mass is 19.4. The summed E-state index contributed by atoms with van der Waals surface area (Å²) in [6, 6.07) is 10.6. The van der Waals surface area contributed by atoms with Gasteiger partial charge in [-0.25, -0.2) is 0 Å². The summed E-state index contributed by atoms with van der Waals surface area (Å²) >= 11 is 0. The molecule has 2 aromatic carbocycles. The maximum atomic E-state index is 13.9. The molecule has 1 aliphatic carbocycles. The van der Waals surface area contributed by atoms with E-state index in [0.717, 1.165) is 30.9 Å². The van der Waals surface area contributed by atoms with Crippen molar-refractivity contribution in [3.63, 3.8) is 0 Å². The smallest absolute Gasteiger partial charge is 0.397 e. The van der Waals surface area contributed by atoms with E-state index in [1.807, 2.05) is 29.2 Å². The van der Waals surface area contributed by atoms with Gasteiger partial charge in [-0.3, -0.25) is 4.79 Å². The highest BCUT2D eigenvalue weighted by molar-refractivity contribution is 5.96. The van der Waals surface area contributed by atoms with Crippen molar-refractivity contribution in [3.05, 3.63) is 53.1 Å². The van der Waals surface area contributed by atoms with Crippen LogP contribution in [-0.4, -0.2) is 12.5 Å². The highest BCUT2D eigenvalue weighted by Gasteiger charge is 2.36. The normalized spacial score (nSPS) is 16.9. The van der Waals surface area contributed by atoms with Gasteiger partial charge in [-0.05, 0) is 42.0 Å². The number of nitrogens with two attached hydrogens (primary N) is 1. The number of hydrogen-bond acceptors (Lipinski definition) is 3. The van der Waals surface area contributed by atoms with Crippen LogP contribution in [0.5, 0.6) is 0 Å². The predicted octanol–water partition coefficient (Wildman–Crippen LogP) is 5.76. The van der Waals surface area contributed by atoms with Crippen molar-refractivity contribution in [2.24, 2.45) is 5.92 Å². The van der Waals surface area contributed by atoms with Gasteiger partial charge in [0.1, 0.15) is 0 Å². The van der Waals surface area contributed by atoms with Gasteiger partial charge in [0.15, 0.2) is 0 Å². The number of rotatable bonds is 5. The van der Waals surface area contributed by atoms with Gasteiger partial charge < -0.3 is 16.0 Å². The van der Waals surface area contributed by atoms with E-state index < -0.39 is 17.6 Å². The average Bonchev–Trinajstić information content (AvgIpc) is 3.26. The number of anilines is 3. The first-order valence-electron chi connectivity index (χ1n) is 10.9. The fraction of sp³-hybridized carbons (Fsp3) is 0.458. The summed E-state index contributed by atoms with van der Waals surface area (Å²) < 4.78 is 41.6. The number of halogens is 3. The molecule has 0 bridgehead atoms. The molecule has 1 saturated carbocycles. The van der Waals surface area contributed by atoms with Gasteiger partial charge in [0.05, 0.1) is 16.9 Å². The van der Waals surface area contributed by atoms with Crippen LogP contribution in [0.3, 0.4) is 0 Å². The van der Waals surface area contributed by atoms with E-state index >= 15 is 0 Å². The third-order valence-corrected chi connectivity index (χ3v) is 6.47. The monoisotopic (exact) mass is 431 g/mol. The zero-order valence-corrected chi connectivity index (χ0v) is 17.5. The van der Waals surface area contributed by atoms with Gasteiger partial charge >= 0.3 is 6.18 Å². The number of amides is 1. The topological polar surface area (TPSA) is 58.4 Å². The van der Waals surface area contributed by atoms with Gasteiger partial charge in [0.2, 0.25) is 5.91 Å². The number of nitrogens with zero attached hydrogens (tertiary/aromatic N) is 1. The van der Waals surface area contributed by atoms with Crippen molar-refractivity contribution < 1.29 is 18.0 Å². The van der Waals surface area contributed by atoms with Gasteiger partial charge in [0, 0.05) is 25.2 Å². The minimum absolute atomic E-state index is 0.0575. The summed E-state index contributed by atoms with van der Waals surface area (Å²) in [6.07, 6.45) is 1.58. The lowest BCUT2D eigenvalue weighted by molar-refractivity contribution is -0.136. The first kappa shape index (κ1) is 21.5. The molecule has 1 amide bonds. The van der Waals surface area contributed by atoms with Crippen LogP contribution in [0.4, 0.5) is 30.2 Å². The van der Waals surface area contributed by atoms with E-state index in [-0.39, 0.29) is 17.8 Å². The minimum Gasteiger partial charge on any atom is -0.397 e. The predicted molar refractivity (Wildman–Crippen MR) is 117 cm³/mol. The molecular formula is C24H28F3N3O. The average molecular weight is 432 g/mol. The van der Waals surface area contributed by atoms with Crippen LogP contribution in [0.1, 0.15) is 55.2 Å². The Balaban J connectivity index is 1.55. The third-order valence-electron chi connectivity index (χ3n) is 6.47. The van der Waals surface area contributed by atoms with Crippen LogP contribution >= 0.6 is 0 Å². The largest absolute Gasteiger partial charge is 0.418 e. The van der Waals surface area contributed by atoms with Crippen molar-refractivity contribution >= 4 is 23.0 Å². The molecule has 1 fully saturated rings. The molecule has 0 saturated heterocycles. The summed E-state index contributed by atoms with van der Waals surface area (Å²) in [7, 11) is 0. The first-order chi connectivity index (χ1) is 14.8. The summed E-state index contributed by atoms with van der Waals surface area (Å²) in [5.41, 5.74) is 7.50. The van der Waals surface area contributed by atoms with E-state index in [0.29, 0.717) is 31.1 Å². The molecule has 7 heteroatoms. The van der Waals surface area contributed by atoms with E-state index in [9.17, 15) is 18.0 Å². The van der Waals surface area contributed by atoms with E-state index in [1.54, 1.807) is 0 Å². The zero-order chi connectivity index (χ0) is 22.0.